The smallest absolute Gasteiger partial charge is 0.144 e. The first-order valence-corrected chi connectivity index (χ1v) is 16.4. The number of nitriles is 1. The number of fused-ring (bicyclic) bond motifs is 8. The summed E-state index contributed by atoms with van der Waals surface area (Å²) in [5.41, 5.74) is 10.0. The molecule has 2 aliphatic heterocycles. The predicted molar refractivity (Wildman–Crippen MR) is 202 cm³/mol. The first kappa shape index (κ1) is 27.4. The lowest BCUT2D eigenvalue weighted by Gasteiger charge is -2.19. The topological polar surface area (TPSA) is 49.8 Å². The quantitative estimate of drug-likeness (QED) is 0.184. The summed E-state index contributed by atoms with van der Waals surface area (Å²) in [6.45, 7) is 0. The molecule has 0 fully saturated rings. The lowest BCUT2D eigenvalue weighted by Crippen LogP contribution is -1.93. The fourth-order valence-electron chi connectivity index (χ4n) is 7.79. The van der Waals surface area contributed by atoms with Crippen molar-refractivity contribution in [3.63, 3.8) is 0 Å². The average Bonchev–Trinajstić information content (AvgIpc) is 3.56. The van der Waals surface area contributed by atoms with Crippen LogP contribution in [0.15, 0.2) is 162 Å². The molecule has 0 saturated heterocycles. The molecule has 2 heterocycles. The van der Waals surface area contributed by atoms with Crippen molar-refractivity contribution in [2.75, 3.05) is 0 Å². The molecule has 0 amide bonds. The molecule has 8 aromatic rings. The molecule has 2 aliphatic rings. The van der Waals surface area contributed by atoms with Crippen LogP contribution in [0, 0.1) is 11.3 Å². The summed E-state index contributed by atoms with van der Waals surface area (Å²) in [5, 5.41) is 18.7. The van der Waals surface area contributed by atoms with Crippen LogP contribution in [0.2, 0.25) is 0 Å². The van der Waals surface area contributed by atoms with Crippen LogP contribution >= 0.6 is 0 Å². The maximum atomic E-state index is 9.90. The van der Waals surface area contributed by atoms with Crippen LogP contribution < -0.4 is 0 Å². The maximum absolute atomic E-state index is 9.90. The van der Waals surface area contributed by atoms with Gasteiger partial charge in [0.25, 0.3) is 0 Å². The van der Waals surface area contributed by atoms with E-state index in [1.165, 1.54) is 32.7 Å². The molecule has 8 aromatic carbocycles. The van der Waals surface area contributed by atoms with E-state index < -0.39 is 0 Å². The van der Waals surface area contributed by atoms with Crippen LogP contribution in [0.1, 0.15) is 5.56 Å². The molecule has 0 spiro atoms. The number of hydrogen-bond donors (Lipinski definition) is 0. The van der Waals surface area contributed by atoms with Gasteiger partial charge in [0, 0.05) is 21.7 Å². The molecule has 0 unspecified atom stereocenters. The van der Waals surface area contributed by atoms with Gasteiger partial charge in [0.05, 0.1) is 28.4 Å². The highest BCUT2D eigenvalue weighted by Gasteiger charge is 2.24. The van der Waals surface area contributed by atoms with E-state index in [0.717, 1.165) is 66.4 Å². The normalized spacial score (nSPS) is 11.7. The zero-order valence-electron chi connectivity index (χ0n) is 26.3. The number of para-hydroxylation sites is 2. The van der Waals surface area contributed by atoms with E-state index in [4.69, 9.17) is 9.40 Å². The van der Waals surface area contributed by atoms with E-state index in [-0.39, 0.29) is 0 Å². The minimum Gasteiger partial charge on any atom is -0.455 e. The van der Waals surface area contributed by atoms with Crippen molar-refractivity contribution in [1.29, 1.82) is 5.26 Å². The lowest BCUT2D eigenvalue weighted by atomic mass is 9.84. The summed E-state index contributed by atoms with van der Waals surface area (Å²) in [4.78, 5) is 5.09. The van der Waals surface area contributed by atoms with Crippen molar-refractivity contribution in [2.24, 2.45) is 0 Å². The Balaban J connectivity index is 1.27. The Bertz CT molecular complexity index is 2900. The molecule has 0 aromatic heterocycles. The van der Waals surface area contributed by atoms with Crippen molar-refractivity contribution in [2.45, 2.75) is 0 Å². The van der Waals surface area contributed by atoms with Gasteiger partial charge in [0.15, 0.2) is 0 Å². The molecule has 0 atom stereocenters. The third kappa shape index (κ3) is 4.05. The minimum atomic E-state index is 0.683. The molecule has 49 heavy (non-hydrogen) atoms. The molecular formula is C46H26N2O. The van der Waals surface area contributed by atoms with E-state index >= 15 is 0 Å². The second-order valence-electron chi connectivity index (χ2n) is 12.5. The zero-order chi connectivity index (χ0) is 32.5. The number of rotatable bonds is 3. The third-order valence-corrected chi connectivity index (χ3v) is 9.88. The summed E-state index contributed by atoms with van der Waals surface area (Å²) >= 11 is 0. The molecule has 0 aliphatic carbocycles. The van der Waals surface area contributed by atoms with Gasteiger partial charge in [-0.25, -0.2) is 4.98 Å². The summed E-state index contributed by atoms with van der Waals surface area (Å²) in [6.07, 6.45) is 0. The van der Waals surface area contributed by atoms with Crippen LogP contribution in [-0.4, -0.2) is 4.98 Å². The van der Waals surface area contributed by atoms with Gasteiger partial charge in [-0.2, -0.15) is 5.26 Å². The van der Waals surface area contributed by atoms with Crippen molar-refractivity contribution in [3.05, 3.63) is 163 Å². The summed E-state index contributed by atoms with van der Waals surface area (Å²) in [7, 11) is 0. The average molecular weight is 623 g/mol. The van der Waals surface area contributed by atoms with Crippen LogP contribution in [0.4, 0.5) is 0 Å². The standard InChI is InChI=1S/C46H26N2O/c47-27-30-24-25-37(32-15-2-1-14-31(30)32)43-35-18-5-3-16-33(35)42(34-17-4-6-19-36(34)43)28-12-11-13-29(26-28)46-44-38-20-7-9-22-40(38)48-45(44)39-21-8-10-23-41(39)49-46/h1-26H. The van der Waals surface area contributed by atoms with Crippen LogP contribution in [0.5, 0.6) is 0 Å². The molecule has 226 valence electrons. The van der Waals surface area contributed by atoms with Crippen LogP contribution in [-0.2, 0) is 0 Å². The van der Waals surface area contributed by atoms with Gasteiger partial charge in [0.1, 0.15) is 11.3 Å². The number of benzene rings is 8. The summed E-state index contributed by atoms with van der Waals surface area (Å²) in [5.74, 6) is 0.818. The summed E-state index contributed by atoms with van der Waals surface area (Å²) < 4.78 is 6.77. The SMILES string of the molecule is N#Cc1ccc(-c2c3ccccc3c(-c3cccc(-c4oc5ccccc5c5nc6ccccc6c4-5)c3)c3ccccc23)c2ccccc12. The van der Waals surface area contributed by atoms with Gasteiger partial charge >= 0.3 is 0 Å². The Morgan fingerprint density at radius 2 is 1.02 bits per heavy atom. The molecule has 0 saturated carbocycles. The Morgan fingerprint density at radius 3 is 1.73 bits per heavy atom. The molecule has 0 radical (unpaired) electrons. The fraction of sp³-hybridized carbons (Fsp3) is 0. The second-order valence-corrected chi connectivity index (χ2v) is 12.5. The highest BCUT2D eigenvalue weighted by Crippen LogP contribution is 2.48. The van der Waals surface area contributed by atoms with Crippen molar-refractivity contribution < 1.29 is 4.42 Å². The van der Waals surface area contributed by atoms with E-state index in [1.807, 2.05) is 42.5 Å². The van der Waals surface area contributed by atoms with Crippen LogP contribution in [0.3, 0.4) is 0 Å². The van der Waals surface area contributed by atoms with Crippen molar-refractivity contribution in [3.8, 4) is 50.9 Å². The largest absolute Gasteiger partial charge is 0.455 e. The van der Waals surface area contributed by atoms with E-state index in [1.54, 1.807) is 0 Å². The minimum absolute atomic E-state index is 0.683. The van der Waals surface area contributed by atoms with Crippen LogP contribution in [0.25, 0.3) is 99.0 Å². The molecule has 3 heteroatoms. The van der Waals surface area contributed by atoms with Crippen molar-refractivity contribution >= 4 is 54.2 Å². The van der Waals surface area contributed by atoms with Gasteiger partial charge in [-0.15, -0.1) is 0 Å². The number of aromatic nitrogens is 1. The molecule has 0 N–H and O–H groups in total. The highest BCUT2D eigenvalue weighted by atomic mass is 16.3. The molecule has 10 rings (SSSR count). The number of nitrogens with zero attached hydrogens (tertiary/aromatic N) is 2. The van der Waals surface area contributed by atoms with Crippen molar-refractivity contribution in [1.82, 2.24) is 4.98 Å². The Kier molecular flexibility index (Phi) is 5.94. The van der Waals surface area contributed by atoms with Gasteiger partial charge in [0.2, 0.25) is 0 Å². The zero-order valence-corrected chi connectivity index (χ0v) is 26.3. The van der Waals surface area contributed by atoms with Gasteiger partial charge in [-0.3, -0.25) is 0 Å². The molecule has 0 bridgehead atoms. The highest BCUT2D eigenvalue weighted by molar-refractivity contribution is 6.24. The second kappa shape index (κ2) is 10.6. The van der Waals surface area contributed by atoms with E-state index in [9.17, 15) is 5.26 Å². The first-order valence-electron chi connectivity index (χ1n) is 16.4. The van der Waals surface area contributed by atoms with Gasteiger partial charge in [-0.1, -0.05) is 127 Å². The third-order valence-electron chi connectivity index (χ3n) is 9.88. The summed E-state index contributed by atoms with van der Waals surface area (Å²) in [6, 6.07) is 57.3. The van der Waals surface area contributed by atoms with E-state index in [0.29, 0.717) is 5.56 Å². The lowest BCUT2D eigenvalue weighted by molar-refractivity contribution is 0.622. The van der Waals surface area contributed by atoms with E-state index in [2.05, 4.69) is 121 Å². The Morgan fingerprint density at radius 1 is 0.449 bits per heavy atom. The first-order chi connectivity index (χ1) is 24.3. The molecular weight excluding hydrogens is 597 g/mol. The van der Waals surface area contributed by atoms with Gasteiger partial charge < -0.3 is 4.42 Å². The number of hydrogen-bond acceptors (Lipinski definition) is 3. The predicted octanol–water partition coefficient (Wildman–Crippen LogP) is 12.4. The Labute approximate surface area is 282 Å². The monoisotopic (exact) mass is 622 g/mol. The molecule has 3 nitrogen and oxygen atoms in total. The van der Waals surface area contributed by atoms with Gasteiger partial charge in [-0.05, 0) is 79.5 Å². The maximum Gasteiger partial charge on any atom is 0.144 e. The fourth-order valence-corrected chi connectivity index (χ4v) is 7.79. The Hall–Kier alpha value is -6.76.